The molecule has 8 heteroatoms. The average Bonchev–Trinajstić information content (AvgIpc) is 3.31. The van der Waals surface area contributed by atoms with Crippen molar-refractivity contribution >= 4 is 11.5 Å². The molecular formula is C28H39N7O. The van der Waals surface area contributed by atoms with Crippen molar-refractivity contribution < 1.29 is 4.74 Å². The fraction of sp³-hybridized carbons (Fsp3) is 0.607. The maximum Gasteiger partial charge on any atom is 0.318 e. The van der Waals surface area contributed by atoms with Crippen LogP contribution in [0.3, 0.4) is 0 Å². The highest BCUT2D eigenvalue weighted by Gasteiger charge is 2.30. The number of nitrogens with zero attached hydrogens (tertiary/aromatic N) is 6. The van der Waals surface area contributed by atoms with Gasteiger partial charge < -0.3 is 24.8 Å². The second-order valence-corrected chi connectivity index (χ2v) is 10.4. The summed E-state index contributed by atoms with van der Waals surface area (Å²) in [7, 11) is 2.17. The molecule has 1 N–H and O–H groups in total. The Morgan fingerprint density at radius 3 is 2.86 bits per heavy atom. The van der Waals surface area contributed by atoms with Gasteiger partial charge in [-0.05, 0) is 63.4 Å². The van der Waals surface area contributed by atoms with Crippen molar-refractivity contribution in [2.45, 2.75) is 64.6 Å². The number of likely N-dealkylation sites (tertiary alicyclic amines) is 1. The van der Waals surface area contributed by atoms with Crippen LogP contribution in [0.5, 0.6) is 6.01 Å². The lowest BCUT2D eigenvalue weighted by molar-refractivity contribution is 0.187. The molecule has 36 heavy (non-hydrogen) atoms. The zero-order valence-corrected chi connectivity index (χ0v) is 22.0. The van der Waals surface area contributed by atoms with Gasteiger partial charge in [-0.1, -0.05) is 19.1 Å². The van der Waals surface area contributed by atoms with E-state index in [2.05, 4.69) is 65.2 Å². The summed E-state index contributed by atoms with van der Waals surface area (Å²) in [5.41, 5.74) is 6.38. The van der Waals surface area contributed by atoms with E-state index in [1.54, 1.807) is 0 Å². The Morgan fingerprint density at radius 1 is 1.19 bits per heavy atom. The van der Waals surface area contributed by atoms with Gasteiger partial charge in [0.2, 0.25) is 0 Å². The standard InChI is InChI=1S/C28H39N7O/c1-4-23-20(2)7-5-9-26(23)34-15-11-24-25(18-34)31-28(36-19-22-8-6-14-33(22)3)32-27(24)35-16-13-30-21(17-35)10-12-29/h5,7,9,21-22,30H,4,6,8,10-11,13-19H2,1-3H3/t21-,22-/m0/s1. The van der Waals surface area contributed by atoms with E-state index in [0.717, 1.165) is 70.0 Å². The molecule has 3 aliphatic heterocycles. The topological polar surface area (TPSA) is 80.6 Å². The number of anilines is 2. The molecular weight excluding hydrogens is 450 g/mol. The summed E-state index contributed by atoms with van der Waals surface area (Å²) in [4.78, 5) is 17.1. The van der Waals surface area contributed by atoms with Crippen LogP contribution in [0.2, 0.25) is 0 Å². The van der Waals surface area contributed by atoms with Crippen LogP contribution in [0.4, 0.5) is 11.5 Å². The van der Waals surface area contributed by atoms with Crippen LogP contribution < -0.4 is 19.9 Å². The number of ether oxygens (including phenoxy) is 1. The van der Waals surface area contributed by atoms with E-state index in [1.165, 1.54) is 28.8 Å². The highest BCUT2D eigenvalue weighted by Crippen LogP contribution is 2.33. The molecule has 4 heterocycles. The van der Waals surface area contributed by atoms with Crippen LogP contribution in [0.15, 0.2) is 18.2 Å². The molecule has 1 aromatic carbocycles. The zero-order chi connectivity index (χ0) is 25.1. The minimum absolute atomic E-state index is 0.158. The predicted molar refractivity (Wildman–Crippen MR) is 143 cm³/mol. The first-order chi connectivity index (χ1) is 17.6. The van der Waals surface area contributed by atoms with Crippen LogP contribution in [-0.4, -0.2) is 73.3 Å². The molecule has 1 aromatic heterocycles. The number of rotatable bonds is 7. The first kappa shape index (κ1) is 24.8. The number of hydrogen-bond donors (Lipinski definition) is 1. The number of nitriles is 1. The van der Waals surface area contributed by atoms with Crippen molar-refractivity contribution in [3.63, 3.8) is 0 Å². The summed E-state index contributed by atoms with van der Waals surface area (Å²) < 4.78 is 6.26. The number of aryl methyl sites for hydroxylation is 1. The minimum atomic E-state index is 0.158. The molecule has 192 valence electrons. The van der Waals surface area contributed by atoms with E-state index in [4.69, 9.17) is 14.7 Å². The molecule has 2 atom stereocenters. The number of benzene rings is 1. The lowest BCUT2D eigenvalue weighted by atomic mass is 9.99. The third-order valence-electron chi connectivity index (χ3n) is 8.07. The molecule has 0 radical (unpaired) electrons. The number of nitrogens with one attached hydrogen (secondary N) is 1. The van der Waals surface area contributed by atoms with Gasteiger partial charge in [-0.25, -0.2) is 0 Å². The van der Waals surface area contributed by atoms with Crippen molar-refractivity contribution in [1.29, 1.82) is 5.26 Å². The van der Waals surface area contributed by atoms with Gasteiger partial charge in [0.1, 0.15) is 12.4 Å². The first-order valence-electron chi connectivity index (χ1n) is 13.5. The Labute approximate surface area is 215 Å². The number of hydrogen-bond acceptors (Lipinski definition) is 8. The molecule has 0 spiro atoms. The van der Waals surface area contributed by atoms with Crippen LogP contribution >= 0.6 is 0 Å². The summed E-state index contributed by atoms with van der Waals surface area (Å²) in [5.74, 6) is 0.999. The van der Waals surface area contributed by atoms with E-state index in [-0.39, 0.29) is 6.04 Å². The monoisotopic (exact) mass is 489 g/mol. The summed E-state index contributed by atoms with van der Waals surface area (Å²) >= 11 is 0. The Hall–Kier alpha value is -2.89. The Kier molecular flexibility index (Phi) is 7.59. The summed E-state index contributed by atoms with van der Waals surface area (Å²) in [5, 5.41) is 12.7. The predicted octanol–water partition coefficient (Wildman–Crippen LogP) is 3.08. The van der Waals surface area contributed by atoms with E-state index in [0.29, 0.717) is 25.1 Å². The first-order valence-corrected chi connectivity index (χ1v) is 13.5. The van der Waals surface area contributed by atoms with Gasteiger partial charge in [-0.3, -0.25) is 0 Å². The average molecular weight is 490 g/mol. The molecule has 0 unspecified atom stereocenters. The lowest BCUT2D eigenvalue weighted by Gasteiger charge is -2.37. The minimum Gasteiger partial charge on any atom is -0.462 e. The van der Waals surface area contributed by atoms with Gasteiger partial charge in [-0.2, -0.15) is 15.2 Å². The quantitative estimate of drug-likeness (QED) is 0.636. The molecule has 0 bridgehead atoms. The second kappa shape index (κ2) is 11.0. The lowest BCUT2D eigenvalue weighted by Crippen LogP contribution is -2.51. The van der Waals surface area contributed by atoms with Crippen LogP contribution in [-0.2, 0) is 19.4 Å². The summed E-state index contributed by atoms with van der Waals surface area (Å²) in [6.45, 7) is 10.4. The summed E-state index contributed by atoms with van der Waals surface area (Å²) in [6.07, 6.45) is 4.79. The van der Waals surface area contributed by atoms with Crippen molar-refractivity contribution in [3.05, 3.63) is 40.6 Å². The van der Waals surface area contributed by atoms with Crippen LogP contribution in [0.25, 0.3) is 0 Å². The molecule has 0 aliphatic carbocycles. The van der Waals surface area contributed by atoms with Gasteiger partial charge in [0.15, 0.2) is 0 Å². The van der Waals surface area contributed by atoms with Crippen LogP contribution in [0.1, 0.15) is 48.6 Å². The number of likely N-dealkylation sites (N-methyl/N-ethyl adjacent to an activating group) is 1. The third-order valence-corrected chi connectivity index (χ3v) is 8.07. The molecule has 0 saturated carbocycles. The van der Waals surface area contributed by atoms with Gasteiger partial charge in [0.05, 0.1) is 24.7 Å². The Balaban J connectivity index is 1.45. The number of piperazine rings is 1. The normalized spacial score (nSPS) is 22.4. The van der Waals surface area contributed by atoms with E-state index in [9.17, 15) is 5.26 Å². The van der Waals surface area contributed by atoms with Crippen molar-refractivity contribution in [2.24, 2.45) is 0 Å². The van der Waals surface area contributed by atoms with E-state index < -0.39 is 0 Å². The Bertz CT molecular complexity index is 1110. The van der Waals surface area contributed by atoms with Crippen LogP contribution in [0, 0.1) is 18.3 Å². The molecule has 8 nitrogen and oxygen atoms in total. The third kappa shape index (κ3) is 5.14. The van der Waals surface area contributed by atoms with Crippen molar-refractivity contribution in [3.8, 4) is 12.1 Å². The van der Waals surface area contributed by atoms with Crippen molar-refractivity contribution in [2.75, 3.05) is 56.2 Å². The fourth-order valence-electron chi connectivity index (χ4n) is 5.99. The maximum atomic E-state index is 9.24. The number of fused-ring (bicyclic) bond motifs is 1. The zero-order valence-electron chi connectivity index (χ0n) is 22.0. The smallest absolute Gasteiger partial charge is 0.318 e. The number of aromatic nitrogens is 2. The Morgan fingerprint density at radius 2 is 2.08 bits per heavy atom. The molecule has 2 fully saturated rings. The molecule has 0 amide bonds. The van der Waals surface area contributed by atoms with Gasteiger partial charge in [0, 0.05) is 49.5 Å². The van der Waals surface area contributed by atoms with E-state index >= 15 is 0 Å². The SMILES string of the molecule is CCc1c(C)cccc1N1CCc2c(nc(OC[C@@H]3CCCN3C)nc2N2CCN[C@@H](CC#N)C2)C1. The molecule has 2 saturated heterocycles. The van der Waals surface area contributed by atoms with Gasteiger partial charge >= 0.3 is 6.01 Å². The molecule has 2 aromatic rings. The molecule has 5 rings (SSSR count). The molecule has 3 aliphatic rings. The largest absolute Gasteiger partial charge is 0.462 e. The highest BCUT2D eigenvalue weighted by molar-refractivity contribution is 5.60. The van der Waals surface area contributed by atoms with E-state index in [1.807, 2.05) is 0 Å². The van der Waals surface area contributed by atoms with Gasteiger partial charge in [-0.15, -0.1) is 0 Å². The summed E-state index contributed by atoms with van der Waals surface area (Å²) in [6, 6.07) is 9.99. The van der Waals surface area contributed by atoms with Crippen molar-refractivity contribution in [1.82, 2.24) is 20.2 Å². The maximum absolute atomic E-state index is 9.24. The highest BCUT2D eigenvalue weighted by atomic mass is 16.5. The second-order valence-electron chi connectivity index (χ2n) is 10.4. The van der Waals surface area contributed by atoms with Gasteiger partial charge in [0.25, 0.3) is 0 Å². The fourth-order valence-corrected chi connectivity index (χ4v) is 5.99.